The Bertz CT molecular complexity index is 602. The van der Waals surface area contributed by atoms with Gasteiger partial charge in [0.25, 0.3) is 0 Å². The molecule has 0 aliphatic carbocycles. The van der Waals surface area contributed by atoms with Gasteiger partial charge in [-0.15, -0.1) is 0 Å². The minimum Gasteiger partial charge on any atom is -0.490 e. The van der Waals surface area contributed by atoms with Crippen LogP contribution in [0.15, 0.2) is 49.1 Å². The number of aryl methyl sites for hydroxylation is 1. The molecule has 0 atom stereocenters. The van der Waals surface area contributed by atoms with Crippen molar-refractivity contribution in [1.29, 1.82) is 0 Å². The molecule has 2 aromatic rings. The normalized spacial score (nSPS) is 10.2. The molecule has 2 aromatic carbocycles. The van der Waals surface area contributed by atoms with Gasteiger partial charge in [0, 0.05) is 6.08 Å². The minimum atomic E-state index is -0.432. The SMILES string of the molecule is C=CC(=O)OCCOc1ccc2ccccc2c1C. The molecule has 0 saturated heterocycles. The first-order chi connectivity index (χ1) is 9.22. The molecule has 0 fully saturated rings. The van der Waals surface area contributed by atoms with Crippen molar-refractivity contribution in [2.24, 2.45) is 0 Å². The van der Waals surface area contributed by atoms with Gasteiger partial charge in [-0.3, -0.25) is 0 Å². The van der Waals surface area contributed by atoms with E-state index in [0.717, 1.165) is 17.4 Å². The van der Waals surface area contributed by atoms with Crippen molar-refractivity contribution >= 4 is 16.7 Å². The average Bonchev–Trinajstić information content (AvgIpc) is 2.45. The lowest BCUT2D eigenvalue weighted by atomic mass is 10.1. The van der Waals surface area contributed by atoms with Gasteiger partial charge in [-0.2, -0.15) is 0 Å². The van der Waals surface area contributed by atoms with Crippen LogP contribution in [0.3, 0.4) is 0 Å². The van der Waals surface area contributed by atoms with E-state index in [1.54, 1.807) is 0 Å². The van der Waals surface area contributed by atoms with Gasteiger partial charge < -0.3 is 9.47 Å². The Kier molecular flexibility index (Phi) is 4.18. The molecule has 0 amide bonds. The number of hydrogen-bond donors (Lipinski definition) is 0. The van der Waals surface area contributed by atoms with E-state index in [4.69, 9.17) is 9.47 Å². The molecule has 0 heterocycles. The molecule has 0 aromatic heterocycles. The van der Waals surface area contributed by atoms with Gasteiger partial charge in [0.05, 0.1) is 0 Å². The average molecular weight is 256 g/mol. The summed E-state index contributed by atoms with van der Waals surface area (Å²) in [4.78, 5) is 10.9. The van der Waals surface area contributed by atoms with Crippen LogP contribution >= 0.6 is 0 Å². The number of fused-ring (bicyclic) bond motifs is 1. The van der Waals surface area contributed by atoms with Crippen LogP contribution in [0.2, 0.25) is 0 Å². The van der Waals surface area contributed by atoms with Crippen molar-refractivity contribution in [2.75, 3.05) is 13.2 Å². The largest absolute Gasteiger partial charge is 0.490 e. The number of carbonyl (C=O) groups is 1. The van der Waals surface area contributed by atoms with Crippen molar-refractivity contribution in [3.8, 4) is 5.75 Å². The molecular weight excluding hydrogens is 240 g/mol. The summed E-state index contributed by atoms with van der Waals surface area (Å²) in [7, 11) is 0. The van der Waals surface area contributed by atoms with E-state index in [1.807, 2.05) is 31.2 Å². The molecule has 3 heteroatoms. The summed E-state index contributed by atoms with van der Waals surface area (Å²) in [5.74, 6) is 0.382. The second kappa shape index (κ2) is 6.05. The summed E-state index contributed by atoms with van der Waals surface area (Å²) < 4.78 is 10.5. The fourth-order valence-electron chi connectivity index (χ4n) is 1.92. The second-order valence-electron chi connectivity index (χ2n) is 4.13. The van der Waals surface area contributed by atoms with E-state index in [1.165, 1.54) is 10.8 Å². The number of benzene rings is 2. The highest BCUT2D eigenvalue weighted by Gasteiger charge is 2.04. The second-order valence-corrected chi connectivity index (χ2v) is 4.13. The smallest absolute Gasteiger partial charge is 0.330 e. The van der Waals surface area contributed by atoms with Gasteiger partial charge in [-0.1, -0.05) is 36.9 Å². The first-order valence-corrected chi connectivity index (χ1v) is 6.12. The molecule has 0 spiro atoms. The van der Waals surface area contributed by atoms with Gasteiger partial charge >= 0.3 is 5.97 Å². The van der Waals surface area contributed by atoms with Crippen molar-refractivity contribution in [3.63, 3.8) is 0 Å². The molecular formula is C16H16O3. The van der Waals surface area contributed by atoms with E-state index in [2.05, 4.69) is 18.7 Å². The molecule has 3 nitrogen and oxygen atoms in total. The molecule has 0 radical (unpaired) electrons. The fourth-order valence-corrected chi connectivity index (χ4v) is 1.92. The van der Waals surface area contributed by atoms with Gasteiger partial charge in [0.15, 0.2) is 0 Å². The molecule has 0 aliphatic rings. The number of rotatable bonds is 5. The lowest BCUT2D eigenvalue weighted by molar-refractivity contribution is -0.138. The van der Waals surface area contributed by atoms with Gasteiger partial charge in [-0.25, -0.2) is 4.79 Å². The third-order valence-corrected chi connectivity index (χ3v) is 2.90. The number of ether oxygens (including phenoxy) is 2. The maximum Gasteiger partial charge on any atom is 0.330 e. The molecule has 0 bridgehead atoms. The number of hydrogen-bond acceptors (Lipinski definition) is 3. The maximum atomic E-state index is 10.9. The van der Waals surface area contributed by atoms with Crippen LogP contribution in [-0.2, 0) is 9.53 Å². The summed E-state index contributed by atoms with van der Waals surface area (Å²) in [5, 5.41) is 2.36. The minimum absolute atomic E-state index is 0.219. The highest BCUT2D eigenvalue weighted by Crippen LogP contribution is 2.26. The Morgan fingerprint density at radius 3 is 2.79 bits per heavy atom. The van der Waals surface area contributed by atoms with E-state index in [0.29, 0.717) is 6.61 Å². The van der Waals surface area contributed by atoms with Crippen LogP contribution in [0, 0.1) is 6.92 Å². The van der Waals surface area contributed by atoms with E-state index in [-0.39, 0.29) is 6.61 Å². The summed E-state index contributed by atoms with van der Waals surface area (Å²) in [5.41, 5.74) is 1.09. The zero-order valence-corrected chi connectivity index (χ0v) is 10.9. The Hall–Kier alpha value is -2.29. The molecule has 2 rings (SSSR count). The van der Waals surface area contributed by atoms with Gasteiger partial charge in [0.1, 0.15) is 19.0 Å². The Balaban J connectivity index is 2.03. The van der Waals surface area contributed by atoms with Crippen LogP contribution in [0.5, 0.6) is 5.75 Å². The standard InChI is InChI=1S/C16H16O3/c1-3-16(17)19-11-10-18-15-9-8-13-6-4-5-7-14(13)12(15)2/h3-9H,1,10-11H2,2H3. The predicted octanol–water partition coefficient (Wildman–Crippen LogP) is 3.26. The molecule has 98 valence electrons. The lowest BCUT2D eigenvalue weighted by Crippen LogP contribution is -2.10. The van der Waals surface area contributed by atoms with E-state index < -0.39 is 5.97 Å². The van der Waals surface area contributed by atoms with Crippen molar-refractivity contribution in [2.45, 2.75) is 6.92 Å². The van der Waals surface area contributed by atoms with Crippen LogP contribution in [0.4, 0.5) is 0 Å². The molecule has 0 unspecified atom stereocenters. The molecule has 0 aliphatic heterocycles. The van der Waals surface area contributed by atoms with Crippen molar-refractivity contribution < 1.29 is 14.3 Å². The van der Waals surface area contributed by atoms with Crippen LogP contribution in [0.1, 0.15) is 5.56 Å². The maximum absolute atomic E-state index is 10.9. The topological polar surface area (TPSA) is 35.5 Å². The third-order valence-electron chi connectivity index (χ3n) is 2.90. The van der Waals surface area contributed by atoms with Crippen LogP contribution in [-0.4, -0.2) is 19.2 Å². The molecule has 19 heavy (non-hydrogen) atoms. The Morgan fingerprint density at radius 2 is 2.00 bits per heavy atom. The highest BCUT2D eigenvalue weighted by molar-refractivity contribution is 5.87. The van der Waals surface area contributed by atoms with Crippen LogP contribution in [0.25, 0.3) is 10.8 Å². The highest BCUT2D eigenvalue weighted by atomic mass is 16.6. The predicted molar refractivity (Wildman–Crippen MR) is 75.3 cm³/mol. The lowest BCUT2D eigenvalue weighted by Gasteiger charge is -2.11. The Morgan fingerprint density at radius 1 is 1.21 bits per heavy atom. The Labute approximate surface area is 112 Å². The summed E-state index contributed by atoms with van der Waals surface area (Å²) in [6.07, 6.45) is 1.14. The van der Waals surface area contributed by atoms with E-state index >= 15 is 0 Å². The van der Waals surface area contributed by atoms with E-state index in [9.17, 15) is 4.79 Å². The van der Waals surface area contributed by atoms with Gasteiger partial charge in [-0.05, 0) is 29.3 Å². The fraction of sp³-hybridized carbons (Fsp3) is 0.188. The van der Waals surface area contributed by atoms with Crippen molar-refractivity contribution in [3.05, 3.63) is 54.6 Å². The molecule has 0 N–H and O–H groups in total. The van der Waals surface area contributed by atoms with Crippen LogP contribution < -0.4 is 4.74 Å². The number of carbonyl (C=O) groups excluding carboxylic acids is 1. The third kappa shape index (κ3) is 3.13. The quantitative estimate of drug-likeness (QED) is 0.468. The first kappa shape index (κ1) is 13.1. The van der Waals surface area contributed by atoms with Crippen molar-refractivity contribution in [1.82, 2.24) is 0 Å². The summed E-state index contributed by atoms with van der Waals surface area (Å²) >= 11 is 0. The van der Waals surface area contributed by atoms with Gasteiger partial charge in [0.2, 0.25) is 0 Å². The molecule has 0 saturated carbocycles. The first-order valence-electron chi connectivity index (χ1n) is 6.12. The summed E-state index contributed by atoms with van der Waals surface area (Å²) in [6.45, 7) is 5.90. The zero-order valence-electron chi connectivity index (χ0n) is 10.9. The number of esters is 1. The zero-order chi connectivity index (χ0) is 13.7. The monoisotopic (exact) mass is 256 g/mol. The summed E-state index contributed by atoms with van der Waals surface area (Å²) in [6, 6.07) is 12.1.